The van der Waals surface area contributed by atoms with E-state index in [1.54, 1.807) is 18.4 Å². The molecule has 0 aliphatic carbocycles. The number of carbonyl (C=O) groups is 1. The zero-order chi connectivity index (χ0) is 20.6. The number of alkyl carbamates (subject to hydrolysis) is 1. The second kappa shape index (κ2) is 10.5. The molecule has 0 radical (unpaired) electrons. The Hall–Kier alpha value is -1.83. The van der Waals surface area contributed by atoms with E-state index in [0.29, 0.717) is 12.5 Å². The van der Waals surface area contributed by atoms with Gasteiger partial charge in [-0.1, -0.05) is 13.8 Å². The Balaban J connectivity index is 2.46. The van der Waals surface area contributed by atoms with Crippen molar-refractivity contribution in [1.82, 2.24) is 20.9 Å². The molecule has 0 aliphatic heterocycles. The summed E-state index contributed by atoms with van der Waals surface area (Å²) in [6.07, 6.45) is 0.449. The number of aliphatic imine (C=N–C) groups is 1. The molecule has 27 heavy (non-hydrogen) atoms. The molecule has 1 aromatic rings. The predicted molar refractivity (Wildman–Crippen MR) is 113 cm³/mol. The van der Waals surface area contributed by atoms with E-state index in [1.165, 1.54) is 4.88 Å². The molecular weight excluding hydrogens is 362 g/mol. The van der Waals surface area contributed by atoms with E-state index in [-0.39, 0.29) is 12.0 Å². The molecule has 3 N–H and O–H groups in total. The molecule has 0 aromatic carbocycles. The summed E-state index contributed by atoms with van der Waals surface area (Å²) >= 11 is 1.73. The predicted octanol–water partition coefficient (Wildman–Crippen LogP) is 3.02. The average Bonchev–Trinajstić information content (AvgIpc) is 2.85. The van der Waals surface area contributed by atoms with Crippen molar-refractivity contribution in [2.24, 2.45) is 10.9 Å². The van der Waals surface area contributed by atoms with E-state index in [1.807, 2.05) is 27.7 Å². The summed E-state index contributed by atoms with van der Waals surface area (Å²) in [7, 11) is 1.73. The van der Waals surface area contributed by atoms with Crippen molar-refractivity contribution in [2.45, 2.75) is 66.5 Å². The van der Waals surface area contributed by atoms with E-state index in [4.69, 9.17) is 4.74 Å². The van der Waals surface area contributed by atoms with Crippen LogP contribution >= 0.6 is 11.3 Å². The monoisotopic (exact) mass is 397 g/mol. The molecule has 1 atom stereocenters. The number of ether oxygens (including phenoxy) is 1. The number of thiazole rings is 1. The van der Waals surface area contributed by atoms with Crippen LogP contribution < -0.4 is 16.0 Å². The third-order valence-corrected chi connectivity index (χ3v) is 5.06. The summed E-state index contributed by atoms with van der Waals surface area (Å²) in [5.41, 5.74) is 0.592. The smallest absolute Gasteiger partial charge is 0.407 e. The Labute approximate surface area is 167 Å². The second-order valence-corrected chi connectivity index (χ2v) is 9.16. The van der Waals surface area contributed by atoms with Crippen molar-refractivity contribution in [3.05, 3.63) is 15.6 Å². The van der Waals surface area contributed by atoms with Gasteiger partial charge in [0.05, 0.1) is 16.7 Å². The largest absolute Gasteiger partial charge is 0.444 e. The molecule has 1 rings (SSSR count). The molecule has 0 bridgehead atoms. The van der Waals surface area contributed by atoms with Crippen molar-refractivity contribution in [2.75, 3.05) is 20.1 Å². The van der Waals surface area contributed by atoms with Gasteiger partial charge in [-0.25, -0.2) is 9.78 Å². The summed E-state index contributed by atoms with van der Waals surface area (Å²) in [5.74, 6) is 0.959. The summed E-state index contributed by atoms with van der Waals surface area (Å²) in [6.45, 7) is 15.1. The third kappa shape index (κ3) is 9.08. The fourth-order valence-electron chi connectivity index (χ4n) is 2.27. The van der Waals surface area contributed by atoms with Crippen molar-refractivity contribution in [3.63, 3.8) is 0 Å². The molecule has 7 nitrogen and oxygen atoms in total. The molecule has 1 heterocycles. The highest BCUT2D eigenvalue weighted by molar-refractivity contribution is 7.11. The van der Waals surface area contributed by atoms with Gasteiger partial charge in [-0.3, -0.25) is 4.99 Å². The first-order chi connectivity index (χ1) is 12.5. The summed E-state index contributed by atoms with van der Waals surface area (Å²) in [5, 5.41) is 10.6. The lowest BCUT2D eigenvalue weighted by atomic mass is 10.0. The number of aryl methyl sites for hydroxylation is 2. The van der Waals surface area contributed by atoms with Gasteiger partial charge in [-0.2, -0.15) is 0 Å². The third-order valence-electron chi connectivity index (χ3n) is 3.92. The Morgan fingerprint density at radius 2 is 1.93 bits per heavy atom. The van der Waals surface area contributed by atoms with Crippen LogP contribution in [-0.2, 0) is 11.2 Å². The molecule has 1 unspecified atom stereocenters. The molecule has 154 valence electrons. The Morgan fingerprint density at radius 1 is 1.26 bits per heavy atom. The number of nitrogens with zero attached hydrogens (tertiary/aromatic N) is 2. The molecule has 0 spiro atoms. The lowest BCUT2D eigenvalue weighted by molar-refractivity contribution is 0.0491. The number of rotatable bonds is 7. The Bertz CT molecular complexity index is 615. The first-order valence-electron chi connectivity index (χ1n) is 9.38. The number of hydrogen-bond donors (Lipinski definition) is 3. The quantitative estimate of drug-likeness (QED) is 0.486. The van der Waals surface area contributed by atoms with E-state index in [9.17, 15) is 4.79 Å². The normalized spacial score (nSPS) is 13.4. The standard InChI is InChI=1S/C19H35N5O2S/c1-12(2)15(24-18(25)26-19(5,6)7)11-22-17(20-8)21-10-9-16-23-13(3)14(4)27-16/h12,15H,9-11H2,1-8H3,(H,24,25)(H2,20,21,22). The first-order valence-corrected chi connectivity index (χ1v) is 10.2. The number of carbonyl (C=O) groups excluding carboxylic acids is 1. The fraction of sp³-hybridized carbons (Fsp3) is 0.737. The summed E-state index contributed by atoms with van der Waals surface area (Å²) in [4.78, 5) is 22.1. The fourth-order valence-corrected chi connectivity index (χ4v) is 3.21. The maximum atomic E-state index is 12.0. The van der Waals surface area contributed by atoms with Gasteiger partial charge in [-0.15, -0.1) is 11.3 Å². The summed E-state index contributed by atoms with van der Waals surface area (Å²) < 4.78 is 5.35. The van der Waals surface area contributed by atoms with E-state index in [0.717, 1.165) is 23.7 Å². The molecule has 8 heteroatoms. The topological polar surface area (TPSA) is 87.6 Å². The van der Waals surface area contributed by atoms with Crippen LogP contribution in [0.5, 0.6) is 0 Å². The molecule has 0 saturated heterocycles. The number of guanidine groups is 1. The number of amides is 1. The number of aromatic nitrogens is 1. The van der Waals surface area contributed by atoms with Gasteiger partial charge in [-0.05, 0) is 40.5 Å². The Kier molecular flexibility index (Phi) is 9.02. The van der Waals surface area contributed by atoms with Gasteiger partial charge in [0, 0.05) is 31.4 Å². The van der Waals surface area contributed by atoms with Crippen molar-refractivity contribution < 1.29 is 9.53 Å². The minimum atomic E-state index is -0.511. The SMILES string of the molecule is CN=C(NCCc1nc(C)c(C)s1)NCC(NC(=O)OC(C)(C)C)C(C)C. The molecular formula is C19H35N5O2S. The van der Waals surface area contributed by atoms with E-state index < -0.39 is 11.7 Å². The van der Waals surface area contributed by atoms with Crippen LogP contribution in [-0.4, -0.2) is 48.8 Å². The van der Waals surface area contributed by atoms with Crippen molar-refractivity contribution in [1.29, 1.82) is 0 Å². The molecule has 0 aliphatic rings. The van der Waals surface area contributed by atoms with Crippen LogP contribution in [0.2, 0.25) is 0 Å². The van der Waals surface area contributed by atoms with Gasteiger partial charge in [0.15, 0.2) is 5.96 Å². The minimum absolute atomic E-state index is 0.0670. The van der Waals surface area contributed by atoms with Gasteiger partial charge in [0.1, 0.15) is 5.60 Å². The van der Waals surface area contributed by atoms with Crippen LogP contribution in [0.3, 0.4) is 0 Å². The van der Waals surface area contributed by atoms with Crippen LogP contribution in [0.25, 0.3) is 0 Å². The number of nitrogens with one attached hydrogen (secondary N) is 3. The highest BCUT2D eigenvalue weighted by Gasteiger charge is 2.21. The van der Waals surface area contributed by atoms with Gasteiger partial charge in [0.25, 0.3) is 0 Å². The average molecular weight is 398 g/mol. The zero-order valence-electron chi connectivity index (χ0n) is 17.9. The van der Waals surface area contributed by atoms with Crippen molar-refractivity contribution in [3.8, 4) is 0 Å². The van der Waals surface area contributed by atoms with E-state index in [2.05, 4.69) is 46.7 Å². The number of hydrogen-bond acceptors (Lipinski definition) is 5. The first kappa shape index (κ1) is 23.2. The molecule has 1 amide bonds. The van der Waals surface area contributed by atoms with Gasteiger partial charge < -0.3 is 20.7 Å². The summed E-state index contributed by atoms with van der Waals surface area (Å²) in [6, 6.07) is -0.0670. The van der Waals surface area contributed by atoms with Gasteiger partial charge >= 0.3 is 6.09 Å². The highest BCUT2D eigenvalue weighted by atomic mass is 32.1. The molecule has 0 fully saturated rings. The second-order valence-electron chi connectivity index (χ2n) is 7.88. The van der Waals surface area contributed by atoms with Crippen LogP contribution in [0, 0.1) is 19.8 Å². The maximum absolute atomic E-state index is 12.0. The van der Waals surface area contributed by atoms with Crippen LogP contribution in [0.4, 0.5) is 4.79 Å². The zero-order valence-corrected chi connectivity index (χ0v) is 18.7. The lowest BCUT2D eigenvalue weighted by Crippen LogP contribution is -2.50. The maximum Gasteiger partial charge on any atom is 0.407 e. The highest BCUT2D eigenvalue weighted by Crippen LogP contribution is 2.16. The van der Waals surface area contributed by atoms with Crippen LogP contribution in [0.15, 0.2) is 4.99 Å². The molecule has 1 aromatic heterocycles. The lowest BCUT2D eigenvalue weighted by Gasteiger charge is -2.26. The van der Waals surface area contributed by atoms with Crippen molar-refractivity contribution >= 4 is 23.4 Å². The minimum Gasteiger partial charge on any atom is -0.444 e. The molecule has 0 saturated carbocycles. The van der Waals surface area contributed by atoms with Crippen LogP contribution in [0.1, 0.15) is 50.2 Å². The van der Waals surface area contributed by atoms with Gasteiger partial charge in [0.2, 0.25) is 0 Å². The Morgan fingerprint density at radius 3 is 2.41 bits per heavy atom. The van der Waals surface area contributed by atoms with E-state index >= 15 is 0 Å².